The highest BCUT2D eigenvalue weighted by Gasteiger charge is 2.33. The maximum Gasteiger partial charge on any atom is 0.410 e. The van der Waals surface area contributed by atoms with Gasteiger partial charge in [-0.2, -0.15) is 0 Å². The number of rotatable bonds is 1. The summed E-state index contributed by atoms with van der Waals surface area (Å²) in [6, 6.07) is 0.216. The number of likely N-dealkylation sites (tertiary alicyclic amines) is 2. The number of ether oxygens (including phenoxy) is 1. The van der Waals surface area contributed by atoms with Crippen molar-refractivity contribution < 1.29 is 14.3 Å². The molecule has 2 fully saturated rings. The van der Waals surface area contributed by atoms with Crippen LogP contribution in [0.25, 0.3) is 0 Å². The third kappa shape index (κ3) is 4.60. The van der Waals surface area contributed by atoms with Gasteiger partial charge in [-0.15, -0.1) is 0 Å². The van der Waals surface area contributed by atoms with E-state index in [1.54, 1.807) is 4.90 Å². The number of hydrogen-bond donors (Lipinski definition) is 1. The summed E-state index contributed by atoms with van der Waals surface area (Å²) in [5.41, 5.74) is 5.39. The molecular weight excluding hydrogens is 282 g/mol. The summed E-state index contributed by atoms with van der Waals surface area (Å²) in [5.74, 6) is 0.0655. The summed E-state index contributed by atoms with van der Waals surface area (Å²) in [7, 11) is 0. The fourth-order valence-corrected chi connectivity index (χ4v) is 3.05. The third-order valence-corrected chi connectivity index (χ3v) is 4.27. The number of nitrogens with two attached hydrogens (primary N) is 1. The van der Waals surface area contributed by atoms with Crippen molar-refractivity contribution in [2.75, 3.05) is 26.2 Å². The van der Waals surface area contributed by atoms with Crippen LogP contribution in [0.2, 0.25) is 0 Å². The Bertz CT molecular complexity index is 411. The predicted octanol–water partition coefficient (Wildman–Crippen LogP) is 1.58. The van der Waals surface area contributed by atoms with Crippen molar-refractivity contribution in [1.29, 1.82) is 0 Å². The molecule has 2 N–H and O–H groups in total. The van der Waals surface area contributed by atoms with E-state index in [0.717, 1.165) is 38.8 Å². The van der Waals surface area contributed by atoms with Gasteiger partial charge in [-0.25, -0.2) is 4.79 Å². The van der Waals surface area contributed by atoms with Crippen LogP contribution in [0.1, 0.15) is 46.5 Å². The first kappa shape index (κ1) is 17.1. The van der Waals surface area contributed by atoms with E-state index in [2.05, 4.69) is 0 Å². The maximum absolute atomic E-state index is 12.6. The van der Waals surface area contributed by atoms with Crippen molar-refractivity contribution in [1.82, 2.24) is 9.80 Å². The first-order valence-corrected chi connectivity index (χ1v) is 8.28. The van der Waals surface area contributed by atoms with Crippen LogP contribution in [-0.2, 0) is 9.53 Å². The van der Waals surface area contributed by atoms with Crippen molar-refractivity contribution in [2.24, 2.45) is 11.7 Å². The number of piperidine rings is 2. The summed E-state index contributed by atoms with van der Waals surface area (Å²) in [4.78, 5) is 28.4. The lowest BCUT2D eigenvalue weighted by atomic mass is 9.95. The van der Waals surface area contributed by atoms with Crippen LogP contribution >= 0.6 is 0 Å². The molecule has 2 amide bonds. The Kier molecular flexibility index (Phi) is 5.32. The Hall–Kier alpha value is -1.30. The summed E-state index contributed by atoms with van der Waals surface area (Å²) < 4.78 is 5.41. The molecule has 0 aromatic carbocycles. The largest absolute Gasteiger partial charge is 0.444 e. The van der Waals surface area contributed by atoms with E-state index < -0.39 is 5.60 Å². The topological polar surface area (TPSA) is 75.9 Å². The highest BCUT2D eigenvalue weighted by molar-refractivity contribution is 5.80. The number of carbonyl (C=O) groups excluding carboxylic acids is 2. The molecule has 2 heterocycles. The van der Waals surface area contributed by atoms with Crippen molar-refractivity contribution in [3.63, 3.8) is 0 Å². The standard InChI is InChI=1S/C16H29N3O3/c1-16(2,3)22-15(21)19-8-4-5-12(11-19)14(20)18-9-6-13(17)7-10-18/h12-13H,4-11,17H2,1-3H3/t12-/m1/s1. The van der Waals surface area contributed by atoms with Crippen LogP contribution in [0.3, 0.4) is 0 Å². The third-order valence-electron chi connectivity index (χ3n) is 4.27. The molecule has 6 nitrogen and oxygen atoms in total. The first-order chi connectivity index (χ1) is 10.3. The second-order valence-electron chi connectivity index (χ2n) is 7.43. The molecule has 126 valence electrons. The van der Waals surface area contributed by atoms with E-state index in [-0.39, 0.29) is 24.0 Å². The fourth-order valence-electron chi connectivity index (χ4n) is 3.05. The van der Waals surface area contributed by atoms with Crippen LogP contribution in [-0.4, -0.2) is 59.6 Å². The quantitative estimate of drug-likeness (QED) is 0.798. The molecule has 2 aliphatic rings. The van der Waals surface area contributed by atoms with Crippen LogP contribution in [0, 0.1) is 5.92 Å². The van der Waals surface area contributed by atoms with Crippen LogP contribution in [0.15, 0.2) is 0 Å². The molecule has 2 saturated heterocycles. The Morgan fingerprint density at radius 2 is 1.68 bits per heavy atom. The van der Waals surface area contributed by atoms with E-state index in [4.69, 9.17) is 10.5 Å². The Morgan fingerprint density at radius 3 is 2.27 bits per heavy atom. The Morgan fingerprint density at radius 1 is 1.05 bits per heavy atom. The van der Waals surface area contributed by atoms with Gasteiger partial charge in [0.1, 0.15) is 5.60 Å². The monoisotopic (exact) mass is 311 g/mol. The van der Waals surface area contributed by atoms with Gasteiger partial charge >= 0.3 is 6.09 Å². The summed E-state index contributed by atoms with van der Waals surface area (Å²) in [5, 5.41) is 0. The van der Waals surface area contributed by atoms with Gasteiger partial charge in [0.15, 0.2) is 0 Å². The Labute approximate surface area is 132 Å². The molecule has 22 heavy (non-hydrogen) atoms. The zero-order chi connectivity index (χ0) is 16.3. The Balaban J connectivity index is 1.90. The van der Waals surface area contributed by atoms with Gasteiger partial charge in [0.25, 0.3) is 0 Å². The first-order valence-electron chi connectivity index (χ1n) is 8.28. The van der Waals surface area contributed by atoms with Crippen LogP contribution < -0.4 is 5.73 Å². The average molecular weight is 311 g/mol. The molecule has 0 aromatic heterocycles. The molecule has 2 aliphatic heterocycles. The maximum atomic E-state index is 12.6. The van der Waals surface area contributed by atoms with Crippen LogP contribution in [0.4, 0.5) is 4.79 Å². The number of carbonyl (C=O) groups is 2. The summed E-state index contributed by atoms with van der Waals surface area (Å²) in [6.45, 7) is 8.18. The predicted molar refractivity (Wildman–Crippen MR) is 84.3 cm³/mol. The molecule has 2 rings (SSSR count). The molecule has 0 saturated carbocycles. The molecule has 0 bridgehead atoms. The SMILES string of the molecule is CC(C)(C)OC(=O)N1CCC[C@@H](C(=O)N2CCC(N)CC2)C1. The van der Waals surface area contributed by atoms with Crippen molar-refractivity contribution >= 4 is 12.0 Å². The highest BCUT2D eigenvalue weighted by atomic mass is 16.6. The molecular formula is C16H29N3O3. The van der Waals surface area contributed by atoms with Gasteiger partial charge in [0.2, 0.25) is 5.91 Å². The lowest BCUT2D eigenvalue weighted by Crippen LogP contribution is -2.50. The number of amides is 2. The fraction of sp³-hybridized carbons (Fsp3) is 0.875. The van der Waals surface area contributed by atoms with E-state index >= 15 is 0 Å². The van der Waals surface area contributed by atoms with Gasteiger partial charge in [0, 0.05) is 32.2 Å². The number of hydrogen-bond acceptors (Lipinski definition) is 4. The van der Waals surface area contributed by atoms with E-state index in [0.29, 0.717) is 13.1 Å². The highest BCUT2D eigenvalue weighted by Crippen LogP contribution is 2.22. The smallest absolute Gasteiger partial charge is 0.410 e. The summed E-state index contributed by atoms with van der Waals surface area (Å²) in [6.07, 6.45) is 3.12. The van der Waals surface area contributed by atoms with Gasteiger partial charge in [-0.3, -0.25) is 4.79 Å². The minimum atomic E-state index is -0.503. The van der Waals surface area contributed by atoms with Crippen molar-refractivity contribution in [3.05, 3.63) is 0 Å². The van der Waals surface area contributed by atoms with E-state index in [1.807, 2.05) is 25.7 Å². The lowest BCUT2D eigenvalue weighted by molar-refractivity contribution is -0.138. The molecule has 1 atom stereocenters. The lowest BCUT2D eigenvalue weighted by Gasteiger charge is -2.37. The molecule has 0 unspecified atom stereocenters. The average Bonchev–Trinajstić information content (AvgIpc) is 2.46. The van der Waals surface area contributed by atoms with Gasteiger partial charge in [0.05, 0.1) is 5.92 Å². The zero-order valence-corrected chi connectivity index (χ0v) is 14.0. The second-order valence-corrected chi connectivity index (χ2v) is 7.43. The molecule has 0 aromatic rings. The van der Waals surface area contributed by atoms with E-state index in [9.17, 15) is 9.59 Å². The molecule has 0 aliphatic carbocycles. The summed E-state index contributed by atoms with van der Waals surface area (Å²) >= 11 is 0. The zero-order valence-electron chi connectivity index (χ0n) is 14.0. The minimum absolute atomic E-state index is 0.101. The molecule has 0 radical (unpaired) electrons. The van der Waals surface area contributed by atoms with Crippen LogP contribution in [0.5, 0.6) is 0 Å². The van der Waals surface area contributed by atoms with Crippen molar-refractivity contribution in [3.8, 4) is 0 Å². The normalized spacial score (nSPS) is 24.3. The van der Waals surface area contributed by atoms with Gasteiger partial charge in [-0.05, 0) is 46.5 Å². The molecule has 6 heteroatoms. The minimum Gasteiger partial charge on any atom is -0.444 e. The second kappa shape index (κ2) is 6.86. The van der Waals surface area contributed by atoms with E-state index in [1.165, 1.54) is 0 Å². The van der Waals surface area contributed by atoms with Gasteiger partial charge in [-0.1, -0.05) is 0 Å². The number of nitrogens with zero attached hydrogens (tertiary/aromatic N) is 2. The van der Waals surface area contributed by atoms with Gasteiger partial charge < -0.3 is 20.3 Å². The van der Waals surface area contributed by atoms with Crippen molar-refractivity contribution in [2.45, 2.75) is 58.1 Å². The molecule has 0 spiro atoms.